The van der Waals surface area contributed by atoms with Crippen LogP contribution in [0.15, 0.2) is 30.7 Å². The van der Waals surface area contributed by atoms with Gasteiger partial charge in [-0.2, -0.15) is 5.10 Å². The molecule has 0 saturated carbocycles. The molecule has 0 aliphatic rings. The molecule has 0 radical (unpaired) electrons. The number of nitrogens with one attached hydrogen (secondary N) is 1. The van der Waals surface area contributed by atoms with Crippen molar-refractivity contribution in [3.63, 3.8) is 0 Å². The van der Waals surface area contributed by atoms with Crippen molar-refractivity contribution in [1.29, 1.82) is 5.41 Å². The highest BCUT2D eigenvalue weighted by Gasteiger charge is 2.07. The molecule has 5 heteroatoms. The summed E-state index contributed by atoms with van der Waals surface area (Å²) in [4.78, 5) is 3.93. The third-order valence-corrected chi connectivity index (χ3v) is 2.12. The largest absolute Gasteiger partial charge is 0.384 e. The molecule has 15 heavy (non-hydrogen) atoms. The van der Waals surface area contributed by atoms with Gasteiger partial charge in [0.1, 0.15) is 5.84 Å². The van der Waals surface area contributed by atoms with Crippen LogP contribution in [0, 0.1) is 12.3 Å². The summed E-state index contributed by atoms with van der Waals surface area (Å²) in [5, 5.41) is 11.6. The van der Waals surface area contributed by atoms with Gasteiger partial charge in [0.15, 0.2) is 0 Å². The number of nitrogens with zero attached hydrogens (tertiary/aromatic N) is 3. The van der Waals surface area contributed by atoms with Crippen molar-refractivity contribution >= 4 is 5.84 Å². The Morgan fingerprint density at radius 3 is 2.60 bits per heavy atom. The zero-order valence-electron chi connectivity index (χ0n) is 8.31. The Bertz CT molecular complexity index is 486. The van der Waals surface area contributed by atoms with E-state index < -0.39 is 0 Å². The normalized spacial score (nSPS) is 10.2. The molecule has 76 valence electrons. The summed E-state index contributed by atoms with van der Waals surface area (Å²) in [5.74, 6) is 0.0350. The highest BCUT2D eigenvalue weighted by molar-refractivity contribution is 5.95. The van der Waals surface area contributed by atoms with E-state index in [0.29, 0.717) is 5.56 Å². The first-order valence-electron chi connectivity index (χ1n) is 4.49. The molecule has 0 fully saturated rings. The maximum atomic E-state index is 7.36. The summed E-state index contributed by atoms with van der Waals surface area (Å²) in [6.07, 6.45) is 5.13. The van der Waals surface area contributed by atoms with Gasteiger partial charge < -0.3 is 5.73 Å². The van der Waals surface area contributed by atoms with Gasteiger partial charge in [0, 0.05) is 18.6 Å². The first-order chi connectivity index (χ1) is 7.18. The fourth-order valence-electron chi connectivity index (χ4n) is 1.35. The minimum absolute atomic E-state index is 0.0350. The number of nitrogen functional groups attached to an aromatic ring is 1. The molecule has 0 unspecified atom stereocenters. The Labute approximate surface area is 87.1 Å². The topological polar surface area (TPSA) is 80.6 Å². The third kappa shape index (κ3) is 1.71. The quantitative estimate of drug-likeness (QED) is 0.558. The summed E-state index contributed by atoms with van der Waals surface area (Å²) in [6.45, 7) is 1.83. The van der Waals surface area contributed by atoms with E-state index in [4.69, 9.17) is 11.1 Å². The summed E-state index contributed by atoms with van der Waals surface area (Å²) in [7, 11) is 0. The monoisotopic (exact) mass is 201 g/mol. The molecule has 0 bridgehead atoms. The van der Waals surface area contributed by atoms with Crippen molar-refractivity contribution in [2.75, 3.05) is 0 Å². The third-order valence-electron chi connectivity index (χ3n) is 2.12. The van der Waals surface area contributed by atoms with Crippen LogP contribution in [0.5, 0.6) is 0 Å². The van der Waals surface area contributed by atoms with Crippen molar-refractivity contribution in [2.45, 2.75) is 6.92 Å². The molecule has 0 aliphatic carbocycles. The number of hydrogen-bond acceptors (Lipinski definition) is 3. The minimum Gasteiger partial charge on any atom is -0.384 e. The second-order valence-corrected chi connectivity index (χ2v) is 3.19. The number of aryl methyl sites for hydroxylation is 1. The lowest BCUT2D eigenvalue weighted by Crippen LogP contribution is -2.11. The lowest BCUT2D eigenvalue weighted by atomic mass is 10.2. The maximum absolute atomic E-state index is 7.36. The average Bonchev–Trinajstić information content (AvgIpc) is 2.62. The highest BCUT2D eigenvalue weighted by atomic mass is 15.3. The Kier molecular flexibility index (Phi) is 2.21. The van der Waals surface area contributed by atoms with Crippen LogP contribution in [-0.2, 0) is 0 Å². The van der Waals surface area contributed by atoms with Gasteiger partial charge in [-0.1, -0.05) is 0 Å². The standard InChI is InChI=1S/C10H11N5/c1-7-9(10(11)12)6-15(14-7)8-2-4-13-5-3-8/h2-6H,1H3,(H3,11,12). The van der Waals surface area contributed by atoms with E-state index in [1.807, 2.05) is 19.1 Å². The molecule has 2 heterocycles. The van der Waals surface area contributed by atoms with Crippen molar-refractivity contribution in [3.05, 3.63) is 42.0 Å². The molecule has 2 aromatic heterocycles. The number of hydrogen-bond donors (Lipinski definition) is 2. The van der Waals surface area contributed by atoms with Gasteiger partial charge in [0.05, 0.1) is 16.9 Å². The van der Waals surface area contributed by atoms with Gasteiger partial charge in [-0.25, -0.2) is 4.68 Å². The SMILES string of the molecule is Cc1nn(-c2ccncc2)cc1C(=N)N. The fraction of sp³-hybridized carbons (Fsp3) is 0.100. The van der Waals surface area contributed by atoms with Gasteiger partial charge in [0.2, 0.25) is 0 Å². The van der Waals surface area contributed by atoms with Crippen LogP contribution in [0.2, 0.25) is 0 Å². The van der Waals surface area contributed by atoms with Gasteiger partial charge in [-0.15, -0.1) is 0 Å². The Morgan fingerprint density at radius 2 is 2.07 bits per heavy atom. The lowest BCUT2D eigenvalue weighted by molar-refractivity contribution is 0.860. The van der Waals surface area contributed by atoms with E-state index in [9.17, 15) is 0 Å². The second kappa shape index (κ2) is 3.53. The van der Waals surface area contributed by atoms with E-state index >= 15 is 0 Å². The van der Waals surface area contributed by atoms with Crippen molar-refractivity contribution in [3.8, 4) is 5.69 Å². The first-order valence-corrected chi connectivity index (χ1v) is 4.49. The number of aromatic nitrogens is 3. The number of amidine groups is 1. The van der Waals surface area contributed by atoms with Crippen molar-refractivity contribution in [2.24, 2.45) is 5.73 Å². The number of rotatable bonds is 2. The molecule has 2 rings (SSSR count). The van der Waals surface area contributed by atoms with Gasteiger partial charge in [-0.3, -0.25) is 10.4 Å². The van der Waals surface area contributed by atoms with Crippen LogP contribution in [0.1, 0.15) is 11.3 Å². The van der Waals surface area contributed by atoms with Crippen LogP contribution in [0.25, 0.3) is 5.69 Å². The molecule has 0 atom stereocenters. The van der Waals surface area contributed by atoms with Gasteiger partial charge in [0.25, 0.3) is 0 Å². The molecular formula is C10H11N5. The molecule has 2 aromatic rings. The fourth-order valence-corrected chi connectivity index (χ4v) is 1.35. The summed E-state index contributed by atoms with van der Waals surface area (Å²) < 4.78 is 1.69. The summed E-state index contributed by atoms with van der Waals surface area (Å²) >= 11 is 0. The second-order valence-electron chi connectivity index (χ2n) is 3.19. The van der Waals surface area contributed by atoms with Crippen LogP contribution >= 0.6 is 0 Å². The molecule has 0 saturated heterocycles. The molecule has 0 amide bonds. The molecule has 0 spiro atoms. The molecule has 5 nitrogen and oxygen atoms in total. The van der Waals surface area contributed by atoms with Crippen LogP contribution in [-0.4, -0.2) is 20.6 Å². The Morgan fingerprint density at radius 1 is 1.40 bits per heavy atom. The Balaban J connectivity index is 2.48. The zero-order valence-corrected chi connectivity index (χ0v) is 8.31. The molecule has 3 N–H and O–H groups in total. The van der Waals surface area contributed by atoms with Gasteiger partial charge in [-0.05, 0) is 19.1 Å². The minimum atomic E-state index is 0.0350. The number of pyridine rings is 1. The lowest BCUT2D eigenvalue weighted by Gasteiger charge is -1.98. The highest BCUT2D eigenvalue weighted by Crippen LogP contribution is 2.10. The maximum Gasteiger partial charge on any atom is 0.126 e. The molecule has 0 aromatic carbocycles. The van der Waals surface area contributed by atoms with Gasteiger partial charge >= 0.3 is 0 Å². The first kappa shape index (κ1) is 9.39. The van der Waals surface area contributed by atoms with Crippen molar-refractivity contribution in [1.82, 2.24) is 14.8 Å². The average molecular weight is 201 g/mol. The van der Waals surface area contributed by atoms with E-state index in [1.54, 1.807) is 23.3 Å². The number of nitrogens with two attached hydrogens (primary N) is 1. The Hall–Kier alpha value is -2.17. The zero-order chi connectivity index (χ0) is 10.8. The van der Waals surface area contributed by atoms with Crippen LogP contribution < -0.4 is 5.73 Å². The van der Waals surface area contributed by atoms with E-state index in [2.05, 4.69) is 10.1 Å². The summed E-state index contributed by atoms with van der Waals surface area (Å²) in [6, 6.07) is 3.69. The van der Waals surface area contributed by atoms with E-state index in [-0.39, 0.29) is 5.84 Å². The summed E-state index contributed by atoms with van der Waals surface area (Å²) in [5.41, 5.74) is 7.74. The van der Waals surface area contributed by atoms with E-state index in [0.717, 1.165) is 11.4 Å². The van der Waals surface area contributed by atoms with E-state index in [1.165, 1.54) is 0 Å². The van der Waals surface area contributed by atoms with Crippen LogP contribution in [0.3, 0.4) is 0 Å². The molecular weight excluding hydrogens is 190 g/mol. The predicted octanol–water partition coefficient (Wildman–Crippen LogP) is 0.860. The van der Waals surface area contributed by atoms with Crippen molar-refractivity contribution < 1.29 is 0 Å². The van der Waals surface area contributed by atoms with Crippen LogP contribution in [0.4, 0.5) is 0 Å². The predicted molar refractivity (Wildman–Crippen MR) is 57.1 cm³/mol. The molecule has 0 aliphatic heterocycles. The smallest absolute Gasteiger partial charge is 0.126 e.